The molecule has 0 aliphatic rings. The standard InChI is InChI=1S/C13H13NO4S/c1-7-8(2)19-13(14-7)18-10-5-4-9(12(15)16)6-11(10)17-3/h4-6H,1-3H3,(H,15,16). The minimum absolute atomic E-state index is 0.149. The number of hydrogen-bond acceptors (Lipinski definition) is 5. The van der Waals surface area contributed by atoms with Gasteiger partial charge in [0.1, 0.15) is 0 Å². The summed E-state index contributed by atoms with van der Waals surface area (Å²) in [5.74, 6) is -0.197. The van der Waals surface area contributed by atoms with Gasteiger partial charge in [0, 0.05) is 4.88 Å². The zero-order valence-corrected chi connectivity index (χ0v) is 11.6. The van der Waals surface area contributed by atoms with Gasteiger partial charge in [-0.05, 0) is 32.0 Å². The van der Waals surface area contributed by atoms with Gasteiger partial charge in [-0.15, -0.1) is 0 Å². The summed E-state index contributed by atoms with van der Waals surface area (Å²) in [6, 6.07) is 4.45. The van der Waals surface area contributed by atoms with Crippen LogP contribution in [0.15, 0.2) is 18.2 Å². The van der Waals surface area contributed by atoms with Crippen molar-refractivity contribution in [1.29, 1.82) is 0 Å². The van der Waals surface area contributed by atoms with Crippen LogP contribution in [0.4, 0.5) is 0 Å². The fourth-order valence-corrected chi connectivity index (χ4v) is 2.24. The van der Waals surface area contributed by atoms with Crippen LogP contribution in [0.5, 0.6) is 16.7 Å². The van der Waals surface area contributed by atoms with Crippen molar-refractivity contribution in [2.24, 2.45) is 0 Å². The lowest BCUT2D eigenvalue weighted by atomic mass is 10.2. The largest absolute Gasteiger partial charge is 0.493 e. The second-order valence-electron chi connectivity index (χ2n) is 3.89. The minimum Gasteiger partial charge on any atom is -0.493 e. The summed E-state index contributed by atoms with van der Waals surface area (Å²) in [5, 5.41) is 9.43. The van der Waals surface area contributed by atoms with Crippen molar-refractivity contribution in [1.82, 2.24) is 4.98 Å². The fourth-order valence-electron chi connectivity index (χ4n) is 1.47. The highest BCUT2D eigenvalue weighted by Crippen LogP contribution is 2.34. The van der Waals surface area contributed by atoms with Gasteiger partial charge in [0.2, 0.25) is 0 Å². The number of thiazole rings is 1. The maximum absolute atomic E-state index is 10.9. The molecule has 1 aromatic heterocycles. The average molecular weight is 279 g/mol. The summed E-state index contributed by atoms with van der Waals surface area (Å²) >= 11 is 1.43. The van der Waals surface area contributed by atoms with Crippen LogP contribution >= 0.6 is 11.3 Å². The molecule has 0 saturated heterocycles. The molecular formula is C13H13NO4S. The van der Waals surface area contributed by atoms with E-state index >= 15 is 0 Å². The number of rotatable bonds is 4. The Hall–Kier alpha value is -2.08. The molecule has 0 fully saturated rings. The molecular weight excluding hydrogens is 266 g/mol. The van der Waals surface area contributed by atoms with Gasteiger partial charge in [0.15, 0.2) is 11.5 Å². The molecule has 6 heteroatoms. The van der Waals surface area contributed by atoms with Crippen LogP contribution in [0.3, 0.4) is 0 Å². The van der Waals surface area contributed by atoms with Gasteiger partial charge in [-0.25, -0.2) is 9.78 Å². The molecule has 2 aromatic rings. The van der Waals surface area contributed by atoms with Crippen LogP contribution in [0.25, 0.3) is 0 Å². The van der Waals surface area contributed by atoms with E-state index in [2.05, 4.69) is 4.98 Å². The number of aromatic nitrogens is 1. The number of hydrogen-bond donors (Lipinski definition) is 1. The van der Waals surface area contributed by atoms with Crippen LogP contribution in [-0.2, 0) is 0 Å². The normalized spacial score (nSPS) is 10.3. The SMILES string of the molecule is COc1cc(C(=O)O)ccc1Oc1nc(C)c(C)s1. The Balaban J connectivity index is 2.31. The summed E-state index contributed by atoms with van der Waals surface area (Å²) in [4.78, 5) is 16.2. The number of carbonyl (C=O) groups is 1. The fraction of sp³-hybridized carbons (Fsp3) is 0.231. The summed E-state index contributed by atoms with van der Waals surface area (Å²) in [7, 11) is 1.46. The molecule has 1 aromatic carbocycles. The number of methoxy groups -OCH3 is 1. The Kier molecular flexibility index (Phi) is 3.71. The van der Waals surface area contributed by atoms with Crippen molar-refractivity contribution in [2.75, 3.05) is 7.11 Å². The third-order valence-corrected chi connectivity index (χ3v) is 3.57. The molecule has 0 bridgehead atoms. The van der Waals surface area contributed by atoms with E-state index < -0.39 is 5.97 Å². The number of nitrogens with zero attached hydrogens (tertiary/aromatic N) is 1. The number of carboxylic acid groups (broad SMARTS) is 1. The van der Waals surface area contributed by atoms with E-state index in [1.165, 1.54) is 30.6 Å². The second kappa shape index (κ2) is 5.27. The van der Waals surface area contributed by atoms with E-state index in [9.17, 15) is 4.79 Å². The van der Waals surface area contributed by atoms with Crippen molar-refractivity contribution in [3.63, 3.8) is 0 Å². The van der Waals surface area contributed by atoms with E-state index in [4.69, 9.17) is 14.6 Å². The van der Waals surface area contributed by atoms with Gasteiger partial charge in [-0.1, -0.05) is 11.3 Å². The molecule has 19 heavy (non-hydrogen) atoms. The van der Waals surface area contributed by atoms with E-state index in [0.29, 0.717) is 16.7 Å². The highest BCUT2D eigenvalue weighted by Gasteiger charge is 2.13. The highest BCUT2D eigenvalue weighted by atomic mass is 32.1. The molecule has 1 heterocycles. The lowest BCUT2D eigenvalue weighted by molar-refractivity contribution is 0.0696. The van der Waals surface area contributed by atoms with Gasteiger partial charge in [0.25, 0.3) is 5.19 Å². The lowest BCUT2D eigenvalue weighted by Crippen LogP contribution is -1.98. The maximum atomic E-state index is 10.9. The monoisotopic (exact) mass is 279 g/mol. The summed E-state index contributed by atoms with van der Waals surface area (Å²) in [6.45, 7) is 3.87. The average Bonchev–Trinajstić information content (AvgIpc) is 2.68. The topological polar surface area (TPSA) is 68.7 Å². The van der Waals surface area contributed by atoms with Gasteiger partial charge in [-0.2, -0.15) is 0 Å². The molecule has 0 radical (unpaired) electrons. The quantitative estimate of drug-likeness (QED) is 0.930. The molecule has 1 N–H and O–H groups in total. The summed E-state index contributed by atoms with van der Waals surface area (Å²) in [6.07, 6.45) is 0. The van der Waals surface area contributed by atoms with Crippen molar-refractivity contribution in [2.45, 2.75) is 13.8 Å². The summed E-state index contributed by atoms with van der Waals surface area (Å²) in [5.41, 5.74) is 1.07. The Morgan fingerprint density at radius 1 is 1.32 bits per heavy atom. The van der Waals surface area contributed by atoms with Gasteiger partial charge in [-0.3, -0.25) is 0 Å². The molecule has 0 unspecified atom stereocenters. The first-order valence-electron chi connectivity index (χ1n) is 5.54. The zero-order valence-electron chi connectivity index (χ0n) is 10.8. The zero-order chi connectivity index (χ0) is 14.0. The number of benzene rings is 1. The van der Waals surface area contributed by atoms with E-state index in [1.807, 2.05) is 13.8 Å². The third kappa shape index (κ3) is 2.85. The molecule has 0 aliphatic carbocycles. The van der Waals surface area contributed by atoms with Crippen molar-refractivity contribution < 1.29 is 19.4 Å². The third-order valence-electron chi connectivity index (χ3n) is 2.62. The van der Waals surface area contributed by atoms with Crippen LogP contribution < -0.4 is 9.47 Å². The Morgan fingerprint density at radius 3 is 2.58 bits per heavy atom. The predicted octanol–water partition coefficient (Wildman–Crippen LogP) is 3.26. The van der Waals surface area contributed by atoms with E-state index in [0.717, 1.165) is 10.6 Å². The molecule has 100 valence electrons. The second-order valence-corrected chi connectivity index (χ2v) is 5.06. The first-order valence-corrected chi connectivity index (χ1v) is 6.36. The number of carboxylic acids is 1. The minimum atomic E-state index is -1.01. The van der Waals surface area contributed by atoms with Crippen molar-refractivity contribution in [3.05, 3.63) is 34.3 Å². The maximum Gasteiger partial charge on any atom is 0.335 e. The Bertz CT molecular complexity index is 602. The van der Waals surface area contributed by atoms with Crippen molar-refractivity contribution in [3.8, 4) is 16.7 Å². The number of aryl methyl sites for hydroxylation is 2. The molecule has 0 atom stereocenters. The van der Waals surface area contributed by atoms with Gasteiger partial charge >= 0.3 is 5.97 Å². The van der Waals surface area contributed by atoms with Crippen molar-refractivity contribution >= 4 is 17.3 Å². The first-order chi connectivity index (χ1) is 9.01. The molecule has 2 rings (SSSR count). The molecule has 0 aliphatic heterocycles. The molecule has 5 nitrogen and oxygen atoms in total. The van der Waals surface area contributed by atoms with Crippen LogP contribution in [0.1, 0.15) is 20.9 Å². The number of aromatic carboxylic acids is 1. The van der Waals surface area contributed by atoms with Gasteiger partial charge in [0.05, 0.1) is 18.4 Å². The van der Waals surface area contributed by atoms with Crippen LogP contribution in [0, 0.1) is 13.8 Å². The number of ether oxygens (including phenoxy) is 2. The first kappa shape index (κ1) is 13.4. The smallest absolute Gasteiger partial charge is 0.335 e. The Morgan fingerprint density at radius 2 is 2.05 bits per heavy atom. The van der Waals surface area contributed by atoms with Gasteiger partial charge < -0.3 is 14.6 Å². The van der Waals surface area contributed by atoms with Crippen LogP contribution in [-0.4, -0.2) is 23.2 Å². The van der Waals surface area contributed by atoms with E-state index in [-0.39, 0.29) is 5.56 Å². The highest BCUT2D eigenvalue weighted by molar-refractivity contribution is 7.13. The lowest BCUT2D eigenvalue weighted by Gasteiger charge is -2.08. The molecule has 0 amide bonds. The molecule has 0 spiro atoms. The summed E-state index contributed by atoms with van der Waals surface area (Å²) < 4.78 is 10.8. The van der Waals surface area contributed by atoms with Crippen LogP contribution in [0.2, 0.25) is 0 Å². The van der Waals surface area contributed by atoms with E-state index in [1.54, 1.807) is 6.07 Å². The Labute approximate surface area is 114 Å². The molecule has 0 saturated carbocycles. The predicted molar refractivity (Wildman–Crippen MR) is 71.6 cm³/mol.